The van der Waals surface area contributed by atoms with Crippen LogP contribution in [0.4, 0.5) is 21.5 Å². The van der Waals surface area contributed by atoms with Crippen LogP contribution in [0.1, 0.15) is 29.3 Å². The summed E-state index contributed by atoms with van der Waals surface area (Å²) in [5.41, 5.74) is 2.84. The first-order chi connectivity index (χ1) is 20.7. The van der Waals surface area contributed by atoms with E-state index in [1.165, 1.54) is 23.9 Å². The maximum absolute atomic E-state index is 14.1. The topological polar surface area (TPSA) is 90.5 Å². The summed E-state index contributed by atoms with van der Waals surface area (Å²) in [5.74, 6) is -1.74. The molecule has 0 radical (unpaired) electrons. The van der Waals surface area contributed by atoms with E-state index in [9.17, 15) is 18.8 Å². The largest absolute Gasteiger partial charge is 0.378 e. The Kier molecular flexibility index (Phi) is 10.7. The van der Waals surface area contributed by atoms with Gasteiger partial charge in [0.2, 0.25) is 5.91 Å². The Morgan fingerprint density at radius 1 is 0.860 bits per heavy atom. The number of nitrogens with zero attached hydrogens (tertiary/aromatic N) is 1. The third-order valence-electron chi connectivity index (χ3n) is 6.41. The van der Waals surface area contributed by atoms with E-state index >= 15 is 0 Å². The lowest BCUT2D eigenvalue weighted by Gasteiger charge is -2.16. The number of rotatable bonds is 11. The molecule has 9 heteroatoms. The lowest BCUT2D eigenvalue weighted by Crippen LogP contribution is -2.30. The fourth-order valence-corrected chi connectivity index (χ4v) is 5.10. The van der Waals surface area contributed by atoms with Crippen molar-refractivity contribution in [2.24, 2.45) is 0 Å². The Morgan fingerprint density at radius 3 is 2.23 bits per heavy atom. The molecule has 3 amide bonds. The van der Waals surface area contributed by atoms with Gasteiger partial charge in [-0.15, -0.1) is 11.8 Å². The van der Waals surface area contributed by atoms with Gasteiger partial charge in [-0.25, -0.2) is 4.39 Å². The number of halogens is 1. The van der Waals surface area contributed by atoms with Crippen LogP contribution in [0.15, 0.2) is 114 Å². The summed E-state index contributed by atoms with van der Waals surface area (Å²) in [6, 6.07) is 29.3. The summed E-state index contributed by atoms with van der Waals surface area (Å²) in [6.45, 7) is 1.88. The third-order valence-corrected chi connectivity index (χ3v) is 7.77. The Morgan fingerprint density at radius 2 is 1.56 bits per heavy atom. The van der Waals surface area contributed by atoms with Crippen LogP contribution in [0.3, 0.4) is 0 Å². The number of thioether (sulfide) groups is 1. The highest BCUT2D eigenvalue weighted by Gasteiger charge is 2.20. The minimum Gasteiger partial charge on any atom is -0.378 e. The molecule has 4 aromatic rings. The average Bonchev–Trinajstić information content (AvgIpc) is 3.01. The van der Waals surface area contributed by atoms with Crippen LogP contribution in [0, 0.1) is 5.82 Å². The van der Waals surface area contributed by atoms with Crippen LogP contribution in [-0.4, -0.2) is 37.1 Å². The minimum absolute atomic E-state index is 0.0696. The summed E-state index contributed by atoms with van der Waals surface area (Å²) < 4.78 is 14.1. The predicted octanol–water partition coefficient (Wildman–Crippen LogP) is 6.81. The number of carbonyl (C=O) groups excluding carboxylic acids is 3. The van der Waals surface area contributed by atoms with Gasteiger partial charge in [0.05, 0.1) is 10.9 Å². The molecule has 0 saturated carbocycles. The monoisotopic (exact) mass is 596 g/mol. The standard InChI is InChI=1S/C34H33FN4O3S/c1-4-31(34(42)37-29-16-9-8-15-28(29)35)43-27-14-10-13-25(22-27)36-33(41)30(38-32(40)24-11-6-5-7-12-24)21-23-17-19-26(20-18-23)39(2)3/h5-22,31H,4H2,1-3H3,(H,36,41)(H,37,42)(H,38,40)/b30-21+. The lowest BCUT2D eigenvalue weighted by molar-refractivity contribution is -0.116. The number of carbonyl (C=O) groups is 3. The molecule has 0 aromatic heterocycles. The molecule has 4 rings (SSSR count). The van der Waals surface area contributed by atoms with E-state index in [4.69, 9.17) is 0 Å². The zero-order chi connectivity index (χ0) is 30.8. The molecule has 0 aliphatic rings. The van der Waals surface area contributed by atoms with Crippen LogP contribution in [0.2, 0.25) is 0 Å². The number of hydrogen-bond acceptors (Lipinski definition) is 5. The van der Waals surface area contributed by atoms with Crippen molar-refractivity contribution in [3.8, 4) is 0 Å². The molecule has 0 aliphatic carbocycles. The maximum Gasteiger partial charge on any atom is 0.272 e. The zero-order valence-corrected chi connectivity index (χ0v) is 25.0. The second-order valence-electron chi connectivity index (χ2n) is 9.83. The smallest absolute Gasteiger partial charge is 0.272 e. The van der Waals surface area contributed by atoms with Crippen molar-refractivity contribution in [1.29, 1.82) is 0 Å². The summed E-state index contributed by atoms with van der Waals surface area (Å²) in [5, 5.41) is 7.78. The Bertz CT molecular complexity index is 1610. The summed E-state index contributed by atoms with van der Waals surface area (Å²) in [7, 11) is 3.88. The fraction of sp³-hybridized carbons (Fsp3) is 0.147. The number of nitrogens with one attached hydrogen (secondary N) is 3. The second kappa shape index (κ2) is 14.8. The molecule has 1 atom stereocenters. The molecule has 4 aromatic carbocycles. The Labute approximate surface area is 255 Å². The molecule has 0 bridgehead atoms. The van der Waals surface area contributed by atoms with Crippen molar-refractivity contribution >= 4 is 52.6 Å². The van der Waals surface area contributed by atoms with E-state index in [1.807, 2.05) is 62.3 Å². The van der Waals surface area contributed by atoms with Gasteiger partial charge in [0.1, 0.15) is 11.5 Å². The van der Waals surface area contributed by atoms with Crippen LogP contribution in [0.25, 0.3) is 6.08 Å². The first-order valence-electron chi connectivity index (χ1n) is 13.7. The summed E-state index contributed by atoms with van der Waals surface area (Å²) in [6.07, 6.45) is 2.13. The Balaban J connectivity index is 1.51. The van der Waals surface area contributed by atoms with Gasteiger partial charge in [0.25, 0.3) is 11.8 Å². The molecule has 43 heavy (non-hydrogen) atoms. The molecule has 0 heterocycles. The first kappa shape index (κ1) is 31.1. The summed E-state index contributed by atoms with van der Waals surface area (Å²) >= 11 is 1.31. The molecule has 220 valence electrons. The molecule has 0 fully saturated rings. The highest BCUT2D eigenvalue weighted by Crippen LogP contribution is 2.29. The van der Waals surface area contributed by atoms with E-state index < -0.39 is 22.9 Å². The average molecular weight is 597 g/mol. The second-order valence-corrected chi connectivity index (χ2v) is 11.1. The van der Waals surface area contributed by atoms with Gasteiger partial charge in [0.15, 0.2) is 0 Å². The van der Waals surface area contributed by atoms with Gasteiger partial charge >= 0.3 is 0 Å². The van der Waals surface area contributed by atoms with Crippen LogP contribution >= 0.6 is 11.8 Å². The number of hydrogen-bond donors (Lipinski definition) is 3. The van der Waals surface area contributed by atoms with Gasteiger partial charge in [0, 0.05) is 35.9 Å². The molecule has 7 nitrogen and oxygen atoms in total. The van der Waals surface area contributed by atoms with Crippen molar-refractivity contribution in [2.75, 3.05) is 29.6 Å². The number of para-hydroxylation sites is 1. The van der Waals surface area contributed by atoms with Crippen LogP contribution < -0.4 is 20.9 Å². The molecular formula is C34H33FN4O3S. The third kappa shape index (κ3) is 8.80. The fourth-order valence-electron chi connectivity index (χ4n) is 4.09. The minimum atomic E-state index is -0.507. The van der Waals surface area contributed by atoms with Crippen molar-refractivity contribution in [3.63, 3.8) is 0 Å². The molecule has 0 saturated heterocycles. The SMILES string of the molecule is CCC(Sc1cccc(NC(=O)/C(=C\c2ccc(N(C)C)cc2)NC(=O)c2ccccc2)c1)C(=O)Nc1ccccc1F. The molecule has 3 N–H and O–H groups in total. The maximum atomic E-state index is 14.1. The first-order valence-corrected chi connectivity index (χ1v) is 14.6. The molecule has 0 aliphatic heterocycles. The van der Waals surface area contributed by atoms with Crippen molar-refractivity contribution in [1.82, 2.24) is 5.32 Å². The number of anilines is 3. The van der Waals surface area contributed by atoms with Gasteiger partial charge < -0.3 is 20.9 Å². The van der Waals surface area contributed by atoms with Gasteiger partial charge in [-0.1, -0.05) is 55.5 Å². The van der Waals surface area contributed by atoms with Gasteiger partial charge in [-0.2, -0.15) is 0 Å². The highest BCUT2D eigenvalue weighted by molar-refractivity contribution is 8.00. The van der Waals surface area contributed by atoms with E-state index in [0.29, 0.717) is 17.7 Å². The van der Waals surface area contributed by atoms with Crippen LogP contribution in [-0.2, 0) is 9.59 Å². The quantitative estimate of drug-likeness (QED) is 0.131. The van der Waals surface area contributed by atoms with E-state index in [2.05, 4.69) is 16.0 Å². The summed E-state index contributed by atoms with van der Waals surface area (Å²) in [4.78, 5) is 42.0. The molecule has 0 spiro atoms. The van der Waals surface area contributed by atoms with Crippen LogP contribution in [0.5, 0.6) is 0 Å². The highest BCUT2D eigenvalue weighted by atomic mass is 32.2. The normalized spacial score (nSPS) is 11.8. The van der Waals surface area contributed by atoms with Gasteiger partial charge in [-0.3, -0.25) is 14.4 Å². The van der Waals surface area contributed by atoms with Gasteiger partial charge in [-0.05, 0) is 72.7 Å². The number of amides is 3. The van der Waals surface area contributed by atoms with E-state index in [0.717, 1.165) is 16.1 Å². The Hall–Kier alpha value is -4.89. The van der Waals surface area contributed by atoms with E-state index in [-0.39, 0.29) is 17.3 Å². The molecular weight excluding hydrogens is 563 g/mol. The van der Waals surface area contributed by atoms with Crippen molar-refractivity contribution in [2.45, 2.75) is 23.5 Å². The zero-order valence-electron chi connectivity index (χ0n) is 24.1. The predicted molar refractivity (Wildman–Crippen MR) is 173 cm³/mol. The van der Waals surface area contributed by atoms with Crippen molar-refractivity contribution in [3.05, 3.63) is 126 Å². The van der Waals surface area contributed by atoms with E-state index in [1.54, 1.807) is 60.7 Å². The number of benzene rings is 4. The molecule has 1 unspecified atom stereocenters. The van der Waals surface area contributed by atoms with Crippen molar-refractivity contribution < 1.29 is 18.8 Å². The lowest BCUT2D eigenvalue weighted by atomic mass is 10.1.